The molecule has 0 radical (unpaired) electrons. The SMILES string of the molecule is CCC(N1C=CN(C)C1)S(=O)(=O)O.O=S(=O)(O)O. The molecule has 9 nitrogen and oxygen atoms in total. The highest BCUT2D eigenvalue weighted by molar-refractivity contribution is 7.86. The second kappa shape index (κ2) is 6.33. The molecule has 0 aromatic heterocycles. The van der Waals surface area contributed by atoms with Crippen LogP contribution in [0.15, 0.2) is 12.4 Å². The first-order valence-electron chi connectivity index (χ1n) is 4.75. The van der Waals surface area contributed by atoms with E-state index < -0.39 is 25.9 Å². The van der Waals surface area contributed by atoms with Crippen LogP contribution in [0.3, 0.4) is 0 Å². The average molecular weight is 304 g/mol. The van der Waals surface area contributed by atoms with E-state index in [4.69, 9.17) is 22.1 Å². The number of hydrogen-bond acceptors (Lipinski definition) is 6. The van der Waals surface area contributed by atoms with Crippen LogP contribution in [0, 0.1) is 0 Å². The van der Waals surface area contributed by atoms with Gasteiger partial charge in [-0.1, -0.05) is 6.92 Å². The fourth-order valence-corrected chi connectivity index (χ4v) is 2.25. The van der Waals surface area contributed by atoms with Crippen molar-refractivity contribution in [2.45, 2.75) is 18.7 Å². The van der Waals surface area contributed by atoms with Crippen molar-refractivity contribution in [2.75, 3.05) is 13.7 Å². The highest BCUT2D eigenvalue weighted by Gasteiger charge is 2.28. The lowest BCUT2D eigenvalue weighted by Crippen LogP contribution is -2.38. The van der Waals surface area contributed by atoms with Crippen LogP contribution >= 0.6 is 0 Å². The van der Waals surface area contributed by atoms with Gasteiger partial charge >= 0.3 is 10.4 Å². The molecule has 0 bridgehead atoms. The Morgan fingerprint density at radius 2 is 1.61 bits per heavy atom. The summed E-state index contributed by atoms with van der Waals surface area (Å²) in [5, 5.41) is -0.825. The monoisotopic (exact) mass is 304 g/mol. The van der Waals surface area contributed by atoms with Crippen LogP contribution in [-0.2, 0) is 20.5 Å². The normalized spacial score (nSPS) is 17.4. The predicted molar refractivity (Wildman–Crippen MR) is 63.4 cm³/mol. The molecular weight excluding hydrogens is 288 g/mol. The van der Waals surface area contributed by atoms with Gasteiger partial charge in [-0.2, -0.15) is 16.8 Å². The van der Waals surface area contributed by atoms with Gasteiger partial charge in [0.25, 0.3) is 10.1 Å². The van der Waals surface area contributed by atoms with Gasteiger partial charge in [0.05, 0.1) is 6.67 Å². The van der Waals surface area contributed by atoms with Crippen molar-refractivity contribution >= 4 is 20.5 Å². The van der Waals surface area contributed by atoms with Gasteiger partial charge in [0.2, 0.25) is 0 Å². The van der Waals surface area contributed by atoms with Gasteiger partial charge in [0.1, 0.15) is 0 Å². The third-order valence-corrected chi connectivity index (χ3v) is 3.25. The topological polar surface area (TPSA) is 135 Å². The molecule has 1 aliphatic heterocycles. The molecule has 18 heavy (non-hydrogen) atoms. The minimum absolute atomic E-state index is 0.372. The van der Waals surface area contributed by atoms with Crippen LogP contribution < -0.4 is 0 Å². The molecule has 1 unspecified atom stereocenters. The zero-order valence-electron chi connectivity index (χ0n) is 9.83. The van der Waals surface area contributed by atoms with E-state index in [0.717, 1.165) is 0 Å². The molecule has 0 spiro atoms. The van der Waals surface area contributed by atoms with Crippen LogP contribution in [0.25, 0.3) is 0 Å². The van der Waals surface area contributed by atoms with Crippen LogP contribution in [-0.4, -0.2) is 59.4 Å². The summed E-state index contributed by atoms with van der Waals surface area (Å²) in [7, 11) is -6.80. The lowest BCUT2D eigenvalue weighted by molar-refractivity contribution is 0.260. The Morgan fingerprint density at radius 3 is 1.83 bits per heavy atom. The van der Waals surface area contributed by atoms with Gasteiger partial charge in [0.15, 0.2) is 5.37 Å². The van der Waals surface area contributed by atoms with Crippen LogP contribution in [0.1, 0.15) is 13.3 Å². The summed E-state index contributed by atoms with van der Waals surface area (Å²) in [5.74, 6) is 0. The molecule has 1 atom stereocenters. The zero-order chi connectivity index (χ0) is 14.6. The maximum absolute atomic E-state index is 10.9. The average Bonchev–Trinajstić information content (AvgIpc) is 2.47. The Bertz CT molecular complexity index is 476. The first kappa shape index (κ1) is 17.1. The van der Waals surface area contributed by atoms with E-state index in [0.29, 0.717) is 13.1 Å². The Labute approximate surface area is 106 Å². The molecule has 108 valence electrons. The largest absolute Gasteiger partial charge is 0.394 e. The fraction of sp³-hybridized carbons (Fsp3) is 0.714. The minimum Gasteiger partial charge on any atom is -0.362 e. The van der Waals surface area contributed by atoms with Gasteiger partial charge in [-0.3, -0.25) is 13.7 Å². The molecule has 1 heterocycles. The minimum atomic E-state index is -4.67. The molecule has 0 aromatic carbocycles. The van der Waals surface area contributed by atoms with Crippen molar-refractivity contribution in [1.29, 1.82) is 0 Å². The van der Waals surface area contributed by atoms with E-state index in [1.807, 2.05) is 11.9 Å². The molecule has 0 aliphatic carbocycles. The summed E-state index contributed by atoms with van der Waals surface area (Å²) < 4.78 is 62.3. The summed E-state index contributed by atoms with van der Waals surface area (Å²) in [4.78, 5) is 3.43. The third kappa shape index (κ3) is 7.45. The smallest absolute Gasteiger partial charge is 0.362 e. The molecule has 1 rings (SSSR count). The van der Waals surface area contributed by atoms with E-state index in [2.05, 4.69) is 0 Å². The predicted octanol–water partition coefficient (Wildman–Crippen LogP) is -0.366. The van der Waals surface area contributed by atoms with Crippen molar-refractivity contribution in [3.63, 3.8) is 0 Å². The zero-order valence-corrected chi connectivity index (χ0v) is 11.5. The van der Waals surface area contributed by atoms with E-state index in [1.54, 1.807) is 24.2 Å². The summed E-state index contributed by atoms with van der Waals surface area (Å²) in [5.41, 5.74) is 0. The number of hydrogen-bond donors (Lipinski definition) is 3. The Hall–Kier alpha value is -0.880. The summed E-state index contributed by atoms with van der Waals surface area (Å²) in [6.45, 7) is 2.23. The lowest BCUT2D eigenvalue weighted by atomic mass is 10.4. The third-order valence-electron chi connectivity index (χ3n) is 1.96. The first-order valence-corrected chi connectivity index (χ1v) is 7.65. The molecule has 3 N–H and O–H groups in total. The molecule has 0 fully saturated rings. The van der Waals surface area contributed by atoms with Crippen molar-refractivity contribution in [3.8, 4) is 0 Å². The van der Waals surface area contributed by atoms with E-state index >= 15 is 0 Å². The standard InChI is InChI=1S/C7H14N2O3S.H2O4S/c1-3-7(13(10,11)12)9-5-4-8(2)6-9;1-5(2,3)4/h4-5,7H,3,6H2,1-2H3,(H,10,11,12);(H2,1,2,3,4). The van der Waals surface area contributed by atoms with E-state index in [1.165, 1.54) is 0 Å². The Balaban J connectivity index is 0.000000494. The van der Waals surface area contributed by atoms with Gasteiger partial charge in [0, 0.05) is 19.4 Å². The molecule has 11 heteroatoms. The van der Waals surface area contributed by atoms with Crippen molar-refractivity contribution < 1.29 is 30.5 Å². The second-order valence-corrected chi connectivity index (χ2v) is 6.01. The molecule has 1 aliphatic rings. The van der Waals surface area contributed by atoms with Crippen molar-refractivity contribution in [2.24, 2.45) is 0 Å². The molecule has 0 saturated carbocycles. The van der Waals surface area contributed by atoms with Gasteiger partial charge < -0.3 is 9.80 Å². The number of nitrogens with zero attached hydrogens (tertiary/aromatic N) is 2. The highest BCUT2D eigenvalue weighted by Crippen LogP contribution is 2.15. The molecule has 0 aromatic rings. The van der Waals surface area contributed by atoms with Crippen molar-refractivity contribution in [3.05, 3.63) is 12.4 Å². The van der Waals surface area contributed by atoms with E-state index in [-0.39, 0.29) is 0 Å². The first-order chi connectivity index (χ1) is 7.95. The molecule has 0 saturated heterocycles. The number of rotatable bonds is 3. The fourth-order valence-electron chi connectivity index (χ4n) is 1.35. The maximum Gasteiger partial charge on any atom is 0.394 e. The van der Waals surface area contributed by atoms with E-state index in [9.17, 15) is 8.42 Å². The highest BCUT2D eigenvalue weighted by atomic mass is 32.3. The molecular formula is C7H16N2O7S2. The Kier molecular flexibility index (Phi) is 6.02. The van der Waals surface area contributed by atoms with Crippen LogP contribution in [0.5, 0.6) is 0 Å². The van der Waals surface area contributed by atoms with Gasteiger partial charge in [-0.25, -0.2) is 0 Å². The van der Waals surface area contributed by atoms with Crippen LogP contribution in [0.2, 0.25) is 0 Å². The van der Waals surface area contributed by atoms with Crippen LogP contribution in [0.4, 0.5) is 0 Å². The quantitative estimate of drug-likeness (QED) is 0.597. The molecule has 0 amide bonds. The Morgan fingerprint density at radius 1 is 1.17 bits per heavy atom. The lowest BCUT2D eigenvalue weighted by Gasteiger charge is -2.24. The second-order valence-electron chi connectivity index (χ2n) is 3.54. The summed E-state index contributed by atoms with van der Waals surface area (Å²) in [6.07, 6.45) is 3.81. The summed E-state index contributed by atoms with van der Waals surface area (Å²) >= 11 is 0. The van der Waals surface area contributed by atoms with Gasteiger partial charge in [-0.05, 0) is 6.42 Å². The van der Waals surface area contributed by atoms with Crippen molar-refractivity contribution in [1.82, 2.24) is 9.80 Å². The van der Waals surface area contributed by atoms with Gasteiger partial charge in [-0.15, -0.1) is 0 Å². The maximum atomic E-state index is 10.9. The summed E-state index contributed by atoms with van der Waals surface area (Å²) in [6, 6.07) is 0.